The number of benzene rings is 2. The molecule has 0 atom stereocenters. The topological polar surface area (TPSA) is 73.3 Å². The number of hydrogen-bond acceptors (Lipinski definition) is 6. The molecule has 1 aliphatic rings. The van der Waals surface area contributed by atoms with Crippen LogP contribution in [0.25, 0.3) is 0 Å². The number of nitrogens with zero attached hydrogens (tertiary/aromatic N) is 2. The summed E-state index contributed by atoms with van der Waals surface area (Å²) in [4.78, 5) is 21.2. The molecule has 3 aromatic rings. The molecule has 2 aromatic carbocycles. The number of anilines is 2. The molecule has 0 spiro atoms. The van der Waals surface area contributed by atoms with Gasteiger partial charge < -0.3 is 14.8 Å². The van der Waals surface area contributed by atoms with Gasteiger partial charge in [0.15, 0.2) is 5.78 Å². The van der Waals surface area contributed by atoms with Crippen molar-refractivity contribution in [3.8, 4) is 17.4 Å². The third-order valence-corrected chi connectivity index (χ3v) is 4.77. The molecule has 0 saturated heterocycles. The highest BCUT2D eigenvalue weighted by Crippen LogP contribution is 2.34. The van der Waals surface area contributed by atoms with Crippen LogP contribution in [0.15, 0.2) is 48.7 Å². The Bertz CT molecular complexity index is 1020. The van der Waals surface area contributed by atoms with Gasteiger partial charge in [-0.25, -0.2) is 4.98 Å². The van der Waals surface area contributed by atoms with Crippen molar-refractivity contribution in [2.75, 3.05) is 12.4 Å². The molecule has 4 rings (SSSR count). The number of fused-ring (bicyclic) bond motifs is 1. The summed E-state index contributed by atoms with van der Waals surface area (Å²) >= 11 is 0. The summed E-state index contributed by atoms with van der Waals surface area (Å²) in [6.45, 7) is 2.02. The highest BCUT2D eigenvalue weighted by atomic mass is 16.5. The van der Waals surface area contributed by atoms with E-state index in [-0.39, 0.29) is 5.78 Å². The molecule has 0 saturated carbocycles. The maximum Gasteiger partial charge on any atom is 0.230 e. The molecule has 1 aliphatic carbocycles. The number of carbonyl (C=O) groups excluding carboxylic acids is 1. The second-order valence-corrected chi connectivity index (χ2v) is 6.55. The number of ether oxygens (including phenoxy) is 2. The van der Waals surface area contributed by atoms with Crippen molar-refractivity contribution in [2.45, 2.75) is 26.2 Å². The van der Waals surface area contributed by atoms with Crippen LogP contribution in [-0.2, 0) is 12.8 Å². The van der Waals surface area contributed by atoms with Gasteiger partial charge >= 0.3 is 0 Å². The van der Waals surface area contributed by atoms with Crippen LogP contribution in [0.2, 0.25) is 0 Å². The first-order chi connectivity index (χ1) is 13.7. The van der Waals surface area contributed by atoms with Gasteiger partial charge in [0.25, 0.3) is 0 Å². The van der Waals surface area contributed by atoms with E-state index in [2.05, 4.69) is 15.3 Å². The zero-order chi connectivity index (χ0) is 19.5. The molecule has 6 heteroatoms. The Labute approximate surface area is 163 Å². The van der Waals surface area contributed by atoms with Crippen molar-refractivity contribution in [1.82, 2.24) is 9.97 Å². The number of methoxy groups -OCH3 is 1. The Morgan fingerprint density at radius 2 is 1.93 bits per heavy atom. The number of carbonyl (C=O) groups is 1. The lowest BCUT2D eigenvalue weighted by Crippen LogP contribution is -2.03. The summed E-state index contributed by atoms with van der Waals surface area (Å²) in [5, 5.41) is 3.17. The predicted molar refractivity (Wildman–Crippen MR) is 107 cm³/mol. The molecule has 0 unspecified atom stereocenters. The standard InChI is InChI=1S/C22H21N3O3/c1-3-14-13-23-22(24-16-8-10-17(27-2)11-9-16)25-21(14)28-19-6-4-5-15-7-12-18(26)20(15)19/h4-6,8-11,13H,3,7,12H2,1-2H3,(H,23,24,25). The van der Waals surface area contributed by atoms with Crippen LogP contribution >= 0.6 is 0 Å². The molecule has 0 bridgehead atoms. The third kappa shape index (κ3) is 3.53. The second-order valence-electron chi connectivity index (χ2n) is 6.55. The maximum absolute atomic E-state index is 12.3. The monoisotopic (exact) mass is 375 g/mol. The van der Waals surface area contributed by atoms with E-state index in [0.29, 0.717) is 29.6 Å². The van der Waals surface area contributed by atoms with Crippen LogP contribution in [0.5, 0.6) is 17.4 Å². The number of nitrogens with one attached hydrogen (secondary N) is 1. The van der Waals surface area contributed by atoms with Gasteiger partial charge in [0.05, 0.1) is 12.7 Å². The minimum absolute atomic E-state index is 0.120. The Hall–Kier alpha value is -3.41. The van der Waals surface area contributed by atoms with Gasteiger partial charge in [-0.1, -0.05) is 19.1 Å². The molecular weight excluding hydrogens is 354 g/mol. The van der Waals surface area contributed by atoms with E-state index in [4.69, 9.17) is 9.47 Å². The van der Waals surface area contributed by atoms with Gasteiger partial charge in [-0.15, -0.1) is 0 Å². The quantitative estimate of drug-likeness (QED) is 0.672. The smallest absolute Gasteiger partial charge is 0.230 e. The Morgan fingerprint density at radius 1 is 1.11 bits per heavy atom. The summed E-state index contributed by atoms with van der Waals surface area (Å²) in [5.41, 5.74) is 3.43. The van der Waals surface area contributed by atoms with Gasteiger partial charge in [0.2, 0.25) is 11.8 Å². The van der Waals surface area contributed by atoms with Crippen LogP contribution in [-0.4, -0.2) is 22.9 Å². The fourth-order valence-corrected chi connectivity index (χ4v) is 3.25. The largest absolute Gasteiger partial charge is 0.497 e. The lowest BCUT2D eigenvalue weighted by Gasteiger charge is -2.13. The minimum atomic E-state index is 0.120. The fraction of sp³-hybridized carbons (Fsp3) is 0.227. The number of Topliss-reactive ketones (excluding diaryl/α,β-unsaturated/α-hetero) is 1. The normalized spacial score (nSPS) is 12.6. The van der Waals surface area contributed by atoms with E-state index in [1.54, 1.807) is 13.3 Å². The molecule has 6 nitrogen and oxygen atoms in total. The first-order valence-corrected chi connectivity index (χ1v) is 9.28. The Balaban J connectivity index is 1.63. The zero-order valence-electron chi connectivity index (χ0n) is 15.9. The van der Waals surface area contributed by atoms with Crippen LogP contribution in [0, 0.1) is 0 Å². The lowest BCUT2D eigenvalue weighted by molar-refractivity contribution is 0.0992. The van der Waals surface area contributed by atoms with Gasteiger partial charge in [0.1, 0.15) is 11.5 Å². The van der Waals surface area contributed by atoms with Crippen molar-refractivity contribution in [2.24, 2.45) is 0 Å². The molecule has 1 aromatic heterocycles. The third-order valence-electron chi connectivity index (χ3n) is 4.77. The van der Waals surface area contributed by atoms with E-state index in [9.17, 15) is 4.79 Å². The van der Waals surface area contributed by atoms with Crippen molar-refractivity contribution in [3.63, 3.8) is 0 Å². The Morgan fingerprint density at radius 3 is 2.68 bits per heavy atom. The number of ketones is 1. The lowest BCUT2D eigenvalue weighted by atomic mass is 10.1. The highest BCUT2D eigenvalue weighted by Gasteiger charge is 2.24. The van der Waals surface area contributed by atoms with Crippen molar-refractivity contribution in [1.29, 1.82) is 0 Å². The van der Waals surface area contributed by atoms with E-state index in [0.717, 1.165) is 35.4 Å². The van der Waals surface area contributed by atoms with E-state index < -0.39 is 0 Å². The first-order valence-electron chi connectivity index (χ1n) is 9.28. The molecule has 1 heterocycles. The average Bonchev–Trinajstić information content (AvgIpc) is 3.11. The van der Waals surface area contributed by atoms with Crippen LogP contribution in [0.4, 0.5) is 11.6 Å². The molecule has 0 fully saturated rings. The molecule has 0 amide bonds. The second kappa shape index (κ2) is 7.68. The minimum Gasteiger partial charge on any atom is -0.497 e. The van der Waals surface area contributed by atoms with Crippen molar-refractivity contribution < 1.29 is 14.3 Å². The first kappa shape index (κ1) is 18.0. The van der Waals surface area contributed by atoms with Crippen molar-refractivity contribution in [3.05, 3.63) is 65.4 Å². The molecule has 28 heavy (non-hydrogen) atoms. The predicted octanol–water partition coefficient (Wildman–Crippen LogP) is 4.71. The van der Waals surface area contributed by atoms with Crippen molar-refractivity contribution >= 4 is 17.4 Å². The zero-order valence-corrected chi connectivity index (χ0v) is 15.9. The number of aromatic nitrogens is 2. The molecular formula is C22H21N3O3. The summed E-state index contributed by atoms with van der Waals surface area (Å²) in [6.07, 6.45) is 3.77. The van der Waals surface area contributed by atoms with Crippen LogP contribution < -0.4 is 14.8 Å². The number of rotatable bonds is 6. The summed E-state index contributed by atoms with van der Waals surface area (Å²) in [5.74, 6) is 2.34. The average molecular weight is 375 g/mol. The van der Waals surface area contributed by atoms with Gasteiger partial charge in [0, 0.05) is 23.9 Å². The molecule has 142 valence electrons. The van der Waals surface area contributed by atoms with Crippen LogP contribution in [0.3, 0.4) is 0 Å². The summed E-state index contributed by atoms with van der Waals surface area (Å²) < 4.78 is 11.3. The Kier molecular flexibility index (Phi) is 4.93. The summed E-state index contributed by atoms with van der Waals surface area (Å²) in [6, 6.07) is 13.2. The highest BCUT2D eigenvalue weighted by molar-refractivity contribution is 6.02. The van der Waals surface area contributed by atoms with E-state index in [1.807, 2.05) is 49.4 Å². The van der Waals surface area contributed by atoms with Gasteiger partial charge in [-0.2, -0.15) is 4.98 Å². The van der Waals surface area contributed by atoms with Gasteiger partial charge in [-0.3, -0.25) is 4.79 Å². The van der Waals surface area contributed by atoms with E-state index >= 15 is 0 Å². The maximum atomic E-state index is 12.3. The number of hydrogen-bond donors (Lipinski definition) is 1. The van der Waals surface area contributed by atoms with Gasteiger partial charge in [-0.05, 0) is 48.7 Å². The number of aryl methyl sites for hydroxylation is 2. The van der Waals surface area contributed by atoms with E-state index in [1.165, 1.54) is 0 Å². The molecule has 1 N–H and O–H groups in total. The molecule has 0 radical (unpaired) electrons. The summed E-state index contributed by atoms with van der Waals surface area (Å²) in [7, 11) is 1.63. The van der Waals surface area contributed by atoms with Crippen LogP contribution in [0.1, 0.15) is 34.8 Å². The SMILES string of the molecule is CCc1cnc(Nc2ccc(OC)cc2)nc1Oc1cccc2c1C(=O)CC2. The fourth-order valence-electron chi connectivity index (χ4n) is 3.25. The molecule has 0 aliphatic heterocycles.